The van der Waals surface area contributed by atoms with Gasteiger partial charge in [0, 0.05) is 48.5 Å². The van der Waals surface area contributed by atoms with E-state index in [1.165, 1.54) is 34.2 Å². The van der Waals surface area contributed by atoms with E-state index in [0.717, 1.165) is 34.5 Å². The number of ether oxygens (including phenoxy) is 1. The third kappa shape index (κ3) is 5.14. The molecule has 1 unspecified atom stereocenters. The number of pyridine rings is 1. The van der Waals surface area contributed by atoms with Crippen LogP contribution in [-0.4, -0.2) is 59.3 Å². The number of sulfonamides is 1. The number of aromatic nitrogens is 2. The van der Waals surface area contributed by atoms with Crippen LogP contribution in [0.15, 0.2) is 40.8 Å². The number of thiazole rings is 1. The van der Waals surface area contributed by atoms with Crippen LogP contribution in [0.1, 0.15) is 48.7 Å². The van der Waals surface area contributed by atoms with Gasteiger partial charge in [-0.2, -0.15) is 0 Å². The van der Waals surface area contributed by atoms with Gasteiger partial charge in [-0.15, -0.1) is 11.3 Å². The second-order valence-electron chi connectivity index (χ2n) is 10.4. The Bertz CT molecular complexity index is 1520. The van der Waals surface area contributed by atoms with E-state index in [1.807, 2.05) is 22.1 Å². The normalized spacial score (nSPS) is 18.3. The number of hydrogen-bond acceptors (Lipinski definition) is 7. The second-order valence-corrected chi connectivity index (χ2v) is 13.3. The molecule has 2 aliphatic rings. The number of aromatic carboxylic acids is 1. The molecular weight excluding hydrogens is 526 g/mol. The SMILES string of the molecule is CC(C)C1Cc2cc(OCC3CCN(S(C)(=O)=O)CC3)c(-c3nccs3)cc2-c2cc(=O)c(C(=O)O)cn21. The Hall–Kier alpha value is -3.02. The first kappa shape index (κ1) is 26.6. The number of hydrogen-bond donors (Lipinski definition) is 1. The van der Waals surface area contributed by atoms with E-state index in [1.54, 1.807) is 6.20 Å². The summed E-state index contributed by atoms with van der Waals surface area (Å²) in [6, 6.07) is 5.44. The Labute approximate surface area is 225 Å². The zero-order valence-corrected chi connectivity index (χ0v) is 23.2. The molecule has 38 heavy (non-hydrogen) atoms. The molecule has 0 spiro atoms. The minimum absolute atomic E-state index is 0.0184. The first-order chi connectivity index (χ1) is 18.0. The van der Waals surface area contributed by atoms with Crippen LogP contribution in [0.4, 0.5) is 0 Å². The molecule has 1 saturated heterocycles. The maximum Gasteiger partial charge on any atom is 0.341 e. The second kappa shape index (κ2) is 10.3. The standard InChI is InChI=1S/C27H31N3O6S2/c1-16(2)22-10-18-11-25(36-15-17-4-7-29(8-5-17)38(3,34)35)20(26-28-6-9-37-26)12-19(18)23-13-24(31)21(27(32)33)14-30(22)23/h6,9,11-14,16-17,22H,4-5,7-8,10,15H2,1-3H3,(H,32,33). The molecule has 0 aliphatic carbocycles. The van der Waals surface area contributed by atoms with E-state index < -0.39 is 21.4 Å². The van der Waals surface area contributed by atoms with Gasteiger partial charge in [0.1, 0.15) is 16.3 Å². The van der Waals surface area contributed by atoms with Gasteiger partial charge in [0.25, 0.3) is 0 Å². The van der Waals surface area contributed by atoms with Crippen molar-refractivity contribution >= 4 is 27.3 Å². The van der Waals surface area contributed by atoms with Crippen molar-refractivity contribution in [3.8, 4) is 27.6 Å². The fraction of sp³-hybridized carbons (Fsp3) is 0.444. The van der Waals surface area contributed by atoms with E-state index >= 15 is 0 Å². The summed E-state index contributed by atoms with van der Waals surface area (Å²) >= 11 is 1.49. The average molecular weight is 558 g/mol. The summed E-state index contributed by atoms with van der Waals surface area (Å²) < 4.78 is 33.6. The van der Waals surface area contributed by atoms with Crippen LogP contribution in [0.2, 0.25) is 0 Å². The highest BCUT2D eigenvalue weighted by atomic mass is 32.2. The van der Waals surface area contributed by atoms with Gasteiger partial charge in [-0.3, -0.25) is 4.79 Å². The van der Waals surface area contributed by atoms with Crippen LogP contribution < -0.4 is 10.2 Å². The first-order valence-electron chi connectivity index (χ1n) is 12.7. The molecule has 0 radical (unpaired) electrons. The van der Waals surface area contributed by atoms with Gasteiger partial charge in [0.05, 0.1) is 24.1 Å². The van der Waals surface area contributed by atoms with E-state index in [2.05, 4.69) is 18.8 Å². The third-order valence-electron chi connectivity index (χ3n) is 7.53. The van der Waals surface area contributed by atoms with Crippen molar-refractivity contribution in [3.05, 3.63) is 57.3 Å². The molecule has 3 aromatic rings. The van der Waals surface area contributed by atoms with Gasteiger partial charge in [-0.05, 0) is 48.8 Å². The highest BCUT2D eigenvalue weighted by Crippen LogP contribution is 2.43. The van der Waals surface area contributed by atoms with Crippen LogP contribution in [0.3, 0.4) is 0 Å². The predicted molar refractivity (Wildman–Crippen MR) is 146 cm³/mol. The fourth-order valence-electron chi connectivity index (χ4n) is 5.37. The zero-order chi connectivity index (χ0) is 27.2. The summed E-state index contributed by atoms with van der Waals surface area (Å²) in [7, 11) is -3.18. The molecule has 2 aliphatic heterocycles. The summed E-state index contributed by atoms with van der Waals surface area (Å²) in [5.41, 5.74) is 2.66. The summed E-state index contributed by atoms with van der Waals surface area (Å²) in [5, 5.41) is 12.2. The number of carboxylic acid groups (broad SMARTS) is 1. The maximum absolute atomic E-state index is 12.7. The largest absolute Gasteiger partial charge is 0.493 e. The van der Waals surface area contributed by atoms with Crippen LogP contribution in [-0.2, 0) is 16.4 Å². The van der Waals surface area contributed by atoms with Crippen molar-refractivity contribution in [3.63, 3.8) is 0 Å². The van der Waals surface area contributed by atoms with E-state index in [0.29, 0.717) is 37.6 Å². The smallest absolute Gasteiger partial charge is 0.341 e. The Balaban J connectivity index is 1.52. The number of fused-ring (bicyclic) bond motifs is 3. The van der Waals surface area contributed by atoms with Crippen molar-refractivity contribution in [2.75, 3.05) is 26.0 Å². The molecule has 202 valence electrons. The van der Waals surface area contributed by atoms with E-state index in [9.17, 15) is 23.1 Å². The molecular formula is C27H31N3O6S2. The number of carboxylic acids is 1. The Morgan fingerprint density at radius 1 is 1.21 bits per heavy atom. The summed E-state index contributed by atoms with van der Waals surface area (Å²) in [6.07, 6.45) is 6.60. The number of nitrogens with zero attached hydrogens (tertiary/aromatic N) is 3. The molecule has 4 heterocycles. The summed E-state index contributed by atoms with van der Waals surface area (Å²) in [4.78, 5) is 28.9. The van der Waals surface area contributed by atoms with Gasteiger partial charge in [0.2, 0.25) is 10.0 Å². The van der Waals surface area contributed by atoms with Crippen molar-refractivity contribution in [1.29, 1.82) is 0 Å². The number of rotatable bonds is 7. The molecule has 0 bridgehead atoms. The van der Waals surface area contributed by atoms with E-state index in [4.69, 9.17) is 4.74 Å². The Morgan fingerprint density at radius 2 is 1.95 bits per heavy atom. The van der Waals surface area contributed by atoms with Crippen molar-refractivity contribution in [2.45, 2.75) is 39.2 Å². The lowest BCUT2D eigenvalue weighted by Crippen LogP contribution is -2.39. The van der Waals surface area contributed by atoms with E-state index in [-0.39, 0.29) is 23.4 Å². The van der Waals surface area contributed by atoms with Crippen molar-refractivity contribution in [2.24, 2.45) is 11.8 Å². The first-order valence-corrected chi connectivity index (χ1v) is 15.4. The molecule has 0 amide bonds. The topological polar surface area (TPSA) is 119 Å². The molecule has 1 aromatic carbocycles. The zero-order valence-electron chi connectivity index (χ0n) is 21.6. The Morgan fingerprint density at radius 3 is 2.55 bits per heavy atom. The number of piperidine rings is 1. The summed E-state index contributed by atoms with van der Waals surface area (Å²) in [5.74, 6) is -0.0719. The number of carbonyl (C=O) groups is 1. The van der Waals surface area contributed by atoms with Crippen LogP contribution in [0, 0.1) is 11.8 Å². The van der Waals surface area contributed by atoms with Gasteiger partial charge in [-0.1, -0.05) is 13.8 Å². The van der Waals surface area contributed by atoms with Gasteiger partial charge in [-0.25, -0.2) is 22.5 Å². The molecule has 1 atom stereocenters. The minimum Gasteiger partial charge on any atom is -0.493 e. The lowest BCUT2D eigenvalue weighted by Gasteiger charge is -2.34. The lowest BCUT2D eigenvalue weighted by atomic mass is 9.86. The molecule has 2 aromatic heterocycles. The van der Waals surface area contributed by atoms with Crippen LogP contribution in [0.25, 0.3) is 21.8 Å². The monoisotopic (exact) mass is 557 g/mol. The molecule has 5 rings (SSSR count). The average Bonchev–Trinajstić information content (AvgIpc) is 3.40. The fourth-order valence-corrected chi connectivity index (χ4v) is 6.90. The number of benzene rings is 1. The van der Waals surface area contributed by atoms with Crippen LogP contribution in [0.5, 0.6) is 5.75 Å². The maximum atomic E-state index is 12.7. The molecule has 11 heteroatoms. The molecule has 1 N–H and O–H groups in total. The van der Waals surface area contributed by atoms with Crippen LogP contribution >= 0.6 is 11.3 Å². The molecule has 1 fully saturated rings. The van der Waals surface area contributed by atoms with Crippen molar-refractivity contribution < 1.29 is 23.1 Å². The highest BCUT2D eigenvalue weighted by Gasteiger charge is 2.30. The van der Waals surface area contributed by atoms with Gasteiger partial charge < -0.3 is 14.4 Å². The summed E-state index contributed by atoms with van der Waals surface area (Å²) in [6.45, 7) is 5.64. The minimum atomic E-state index is -3.18. The van der Waals surface area contributed by atoms with Crippen molar-refractivity contribution in [1.82, 2.24) is 13.9 Å². The van der Waals surface area contributed by atoms with Gasteiger partial charge in [0.15, 0.2) is 5.43 Å². The predicted octanol–water partition coefficient (Wildman–Crippen LogP) is 4.14. The quantitative estimate of drug-likeness (QED) is 0.464. The molecule has 9 nitrogen and oxygen atoms in total. The molecule has 0 saturated carbocycles. The highest BCUT2D eigenvalue weighted by molar-refractivity contribution is 7.88. The Kier molecular flexibility index (Phi) is 7.19. The lowest BCUT2D eigenvalue weighted by molar-refractivity contribution is 0.0694. The van der Waals surface area contributed by atoms with Gasteiger partial charge >= 0.3 is 5.97 Å². The third-order valence-corrected chi connectivity index (χ3v) is 9.64.